The van der Waals surface area contributed by atoms with E-state index in [1.165, 1.54) is 0 Å². The maximum absolute atomic E-state index is 11.9. The van der Waals surface area contributed by atoms with E-state index in [1.54, 1.807) is 0 Å². The number of benzene rings is 1. The lowest BCUT2D eigenvalue weighted by atomic mass is 10.1. The van der Waals surface area contributed by atoms with Gasteiger partial charge >= 0.3 is 0 Å². The number of carbonyl (C=O) groups is 1. The average Bonchev–Trinajstić information content (AvgIpc) is 2.73. The Kier molecular flexibility index (Phi) is 2.08. The largest absolute Gasteiger partial charge is 0.494 e. The van der Waals surface area contributed by atoms with Crippen molar-refractivity contribution in [1.29, 1.82) is 0 Å². The average molecular weight is 232 g/mol. The number of rotatable bonds is 2. The van der Waals surface area contributed by atoms with Crippen molar-refractivity contribution in [3.8, 4) is 5.75 Å². The molecule has 1 atom stereocenters. The Morgan fingerprint density at radius 3 is 3.12 bits per heavy atom. The number of hydrogen-bond donors (Lipinski definition) is 1. The summed E-state index contributed by atoms with van der Waals surface area (Å²) in [6, 6.07) is 5.85. The number of ether oxygens (including phenoxy) is 1. The normalized spacial score (nSPS) is 25.5. The minimum Gasteiger partial charge on any atom is -0.494 e. The van der Waals surface area contributed by atoms with Gasteiger partial charge in [0.05, 0.1) is 18.0 Å². The number of fused-ring (bicyclic) bond motifs is 3. The molecular weight excluding hydrogens is 216 g/mol. The first-order valence-corrected chi connectivity index (χ1v) is 6.02. The molecule has 0 aliphatic carbocycles. The van der Waals surface area contributed by atoms with Crippen molar-refractivity contribution in [3.05, 3.63) is 18.2 Å². The molecule has 0 bridgehead atoms. The second-order valence-electron chi connectivity index (χ2n) is 4.74. The smallest absolute Gasteiger partial charge is 0.229 e. The number of carbonyl (C=O) groups excluding carboxylic acids is 1. The third kappa shape index (κ3) is 1.40. The van der Waals surface area contributed by atoms with Gasteiger partial charge in [-0.15, -0.1) is 0 Å². The van der Waals surface area contributed by atoms with Gasteiger partial charge in [-0.1, -0.05) is 0 Å². The van der Waals surface area contributed by atoms with Crippen LogP contribution >= 0.6 is 0 Å². The minimum absolute atomic E-state index is 0.197. The first-order valence-electron chi connectivity index (χ1n) is 6.02. The molecule has 90 valence electrons. The highest BCUT2D eigenvalue weighted by atomic mass is 16.5. The lowest BCUT2D eigenvalue weighted by molar-refractivity contribution is -0.117. The molecule has 0 spiro atoms. The summed E-state index contributed by atoms with van der Waals surface area (Å²) in [5.74, 6) is 1.04. The van der Waals surface area contributed by atoms with Crippen molar-refractivity contribution < 1.29 is 9.53 Å². The summed E-state index contributed by atoms with van der Waals surface area (Å²) in [5, 5.41) is 3.43. The zero-order valence-corrected chi connectivity index (χ0v) is 10.1. The van der Waals surface area contributed by atoms with Gasteiger partial charge in [0.2, 0.25) is 5.91 Å². The maximum atomic E-state index is 11.9. The predicted molar refractivity (Wildman–Crippen MR) is 66.4 cm³/mol. The van der Waals surface area contributed by atoms with Gasteiger partial charge in [-0.25, -0.2) is 0 Å². The zero-order chi connectivity index (χ0) is 12.0. The van der Waals surface area contributed by atoms with Crippen LogP contribution in [0.2, 0.25) is 0 Å². The third-order valence-electron chi connectivity index (χ3n) is 3.49. The van der Waals surface area contributed by atoms with Gasteiger partial charge in [-0.05, 0) is 32.4 Å². The van der Waals surface area contributed by atoms with E-state index in [2.05, 4.69) is 12.2 Å². The highest BCUT2D eigenvalue weighted by Crippen LogP contribution is 2.46. The van der Waals surface area contributed by atoms with E-state index in [1.807, 2.05) is 30.0 Å². The van der Waals surface area contributed by atoms with Crippen LogP contribution in [0.3, 0.4) is 0 Å². The summed E-state index contributed by atoms with van der Waals surface area (Å²) < 4.78 is 5.47. The predicted octanol–water partition coefficient (Wildman–Crippen LogP) is 2.35. The van der Waals surface area contributed by atoms with E-state index in [0.717, 1.165) is 23.5 Å². The monoisotopic (exact) mass is 232 g/mol. The molecule has 1 aromatic carbocycles. The van der Waals surface area contributed by atoms with Crippen LogP contribution < -0.4 is 15.0 Å². The Labute approximate surface area is 101 Å². The number of nitrogens with one attached hydrogen (secondary N) is 1. The fraction of sp³-hybridized carbons (Fsp3) is 0.462. The molecule has 1 unspecified atom stereocenters. The van der Waals surface area contributed by atoms with Gasteiger partial charge < -0.3 is 10.1 Å². The van der Waals surface area contributed by atoms with E-state index < -0.39 is 0 Å². The molecule has 0 saturated carbocycles. The van der Waals surface area contributed by atoms with Crippen molar-refractivity contribution in [2.24, 2.45) is 0 Å². The summed E-state index contributed by atoms with van der Waals surface area (Å²) in [4.78, 5) is 13.8. The molecule has 0 radical (unpaired) electrons. The first kappa shape index (κ1) is 10.4. The lowest BCUT2D eigenvalue weighted by Gasteiger charge is -2.27. The van der Waals surface area contributed by atoms with Gasteiger partial charge in [0, 0.05) is 12.5 Å². The fourth-order valence-corrected chi connectivity index (χ4v) is 2.72. The summed E-state index contributed by atoms with van der Waals surface area (Å²) in [5.41, 5.74) is 1.72. The Morgan fingerprint density at radius 2 is 2.35 bits per heavy atom. The molecule has 4 heteroatoms. The molecule has 0 aromatic heterocycles. The number of anilines is 2. The van der Waals surface area contributed by atoms with E-state index >= 15 is 0 Å². The van der Waals surface area contributed by atoms with E-state index in [4.69, 9.17) is 4.74 Å². The van der Waals surface area contributed by atoms with E-state index in [9.17, 15) is 4.79 Å². The fourth-order valence-electron chi connectivity index (χ4n) is 2.72. The summed E-state index contributed by atoms with van der Waals surface area (Å²) >= 11 is 0. The molecule has 17 heavy (non-hydrogen) atoms. The highest BCUT2D eigenvalue weighted by molar-refractivity contribution is 6.04. The minimum atomic E-state index is -0.246. The molecule has 1 amide bonds. The van der Waals surface area contributed by atoms with Gasteiger partial charge in [0.15, 0.2) is 0 Å². The molecule has 1 N–H and O–H groups in total. The van der Waals surface area contributed by atoms with Crippen molar-refractivity contribution in [1.82, 2.24) is 0 Å². The van der Waals surface area contributed by atoms with Crippen LogP contribution in [0.4, 0.5) is 11.4 Å². The third-order valence-corrected chi connectivity index (χ3v) is 3.49. The van der Waals surface area contributed by atoms with Crippen LogP contribution in [0.1, 0.15) is 26.7 Å². The maximum Gasteiger partial charge on any atom is 0.229 e. The Bertz CT molecular complexity index is 486. The van der Waals surface area contributed by atoms with Crippen LogP contribution in [0.5, 0.6) is 5.75 Å². The lowest BCUT2D eigenvalue weighted by Crippen LogP contribution is -2.44. The van der Waals surface area contributed by atoms with Crippen molar-refractivity contribution in [2.75, 3.05) is 16.8 Å². The zero-order valence-electron chi connectivity index (χ0n) is 10.1. The number of nitrogens with zero attached hydrogens (tertiary/aromatic N) is 1. The number of hydrogen-bond acceptors (Lipinski definition) is 3. The Balaban J connectivity index is 2.02. The molecule has 2 aliphatic rings. The standard InChI is InChI=1S/C13H16N2O2/c1-3-17-9-4-5-11-10(8-9)14-13(2)7-6-12(16)15(11)13/h4-5,8,14H,3,6-7H2,1-2H3. The second kappa shape index (κ2) is 3.39. The van der Waals surface area contributed by atoms with Gasteiger partial charge in [-0.3, -0.25) is 9.69 Å². The summed E-state index contributed by atoms with van der Waals surface area (Å²) in [6.07, 6.45) is 1.47. The van der Waals surface area contributed by atoms with Crippen LogP contribution in [0, 0.1) is 0 Å². The highest BCUT2D eigenvalue weighted by Gasteiger charge is 2.47. The van der Waals surface area contributed by atoms with Crippen LogP contribution in [-0.4, -0.2) is 18.2 Å². The Morgan fingerprint density at radius 1 is 1.53 bits per heavy atom. The van der Waals surface area contributed by atoms with E-state index in [-0.39, 0.29) is 11.6 Å². The van der Waals surface area contributed by atoms with Gasteiger partial charge in [0.1, 0.15) is 11.4 Å². The molecular formula is C13H16N2O2. The molecule has 1 saturated heterocycles. The van der Waals surface area contributed by atoms with Gasteiger partial charge in [0.25, 0.3) is 0 Å². The van der Waals surface area contributed by atoms with Crippen LogP contribution in [0.15, 0.2) is 18.2 Å². The van der Waals surface area contributed by atoms with Gasteiger partial charge in [-0.2, -0.15) is 0 Å². The van der Waals surface area contributed by atoms with Crippen LogP contribution in [-0.2, 0) is 4.79 Å². The first-order chi connectivity index (χ1) is 8.14. The van der Waals surface area contributed by atoms with Crippen LogP contribution in [0.25, 0.3) is 0 Å². The van der Waals surface area contributed by atoms with E-state index in [0.29, 0.717) is 13.0 Å². The quantitative estimate of drug-likeness (QED) is 0.851. The topological polar surface area (TPSA) is 41.6 Å². The SMILES string of the molecule is CCOc1ccc2c(c1)NC1(C)CCC(=O)N21. The molecule has 4 nitrogen and oxygen atoms in total. The molecule has 1 fully saturated rings. The Hall–Kier alpha value is -1.71. The molecule has 2 aliphatic heterocycles. The van der Waals surface area contributed by atoms with Crippen molar-refractivity contribution >= 4 is 17.3 Å². The summed E-state index contributed by atoms with van der Waals surface area (Å²) in [7, 11) is 0. The number of amides is 1. The molecule has 2 heterocycles. The summed E-state index contributed by atoms with van der Waals surface area (Å²) in [6.45, 7) is 4.68. The molecule has 1 aromatic rings. The molecule has 3 rings (SSSR count). The van der Waals surface area contributed by atoms with Crippen molar-refractivity contribution in [3.63, 3.8) is 0 Å². The second-order valence-corrected chi connectivity index (χ2v) is 4.74. The van der Waals surface area contributed by atoms with Crippen molar-refractivity contribution in [2.45, 2.75) is 32.4 Å².